The lowest BCUT2D eigenvalue weighted by Crippen LogP contribution is -2.30. The fourth-order valence-corrected chi connectivity index (χ4v) is 6.24. The van der Waals surface area contributed by atoms with E-state index in [9.17, 15) is 14.4 Å². The minimum Gasteiger partial charge on any atom is -0.462 e. The van der Waals surface area contributed by atoms with Gasteiger partial charge >= 0.3 is 17.9 Å². The van der Waals surface area contributed by atoms with Crippen molar-refractivity contribution in [2.75, 3.05) is 13.2 Å². The van der Waals surface area contributed by atoms with E-state index >= 15 is 0 Å². The first-order chi connectivity index (χ1) is 27.5. The Balaban J connectivity index is 4.45. The topological polar surface area (TPSA) is 78.9 Å². The van der Waals surface area contributed by atoms with Crippen LogP contribution in [0.3, 0.4) is 0 Å². The van der Waals surface area contributed by atoms with Gasteiger partial charge in [0.15, 0.2) is 6.10 Å². The van der Waals surface area contributed by atoms with Crippen molar-refractivity contribution in [3.8, 4) is 0 Å². The first kappa shape index (κ1) is 53.1. The number of hydrogen-bond donors (Lipinski definition) is 0. The van der Waals surface area contributed by atoms with Gasteiger partial charge in [0.2, 0.25) is 0 Å². The number of rotatable bonds is 41. The van der Waals surface area contributed by atoms with Gasteiger partial charge in [-0.3, -0.25) is 14.4 Å². The molecule has 6 heteroatoms. The summed E-state index contributed by atoms with van der Waals surface area (Å²) in [6, 6.07) is 0. The van der Waals surface area contributed by atoms with E-state index in [1.165, 1.54) is 89.9 Å². The monoisotopic (exact) mass is 783 g/mol. The van der Waals surface area contributed by atoms with Gasteiger partial charge in [-0.15, -0.1) is 0 Å². The number of hydrogen-bond acceptors (Lipinski definition) is 6. The van der Waals surface area contributed by atoms with Gasteiger partial charge in [-0.2, -0.15) is 0 Å². The van der Waals surface area contributed by atoms with E-state index in [0.717, 1.165) is 89.9 Å². The number of unbranched alkanes of at least 4 members (excludes halogenated alkanes) is 20. The first-order valence-electron chi connectivity index (χ1n) is 23.3. The molecule has 1 unspecified atom stereocenters. The standard InChI is InChI=1S/C50H86O6/c1-4-7-10-13-16-19-22-24-25-26-29-31-34-37-40-43-49(52)55-46-47(45-54-48(51)42-39-36-33-30-27-21-18-15-12-9-6-3)56-50(53)44-41-38-35-32-28-23-20-17-14-11-8-5-2/h7,10,15-16,18-19,24-25,29,31,47H,4-6,8-9,11-14,17,20-23,26-28,30,32-46H2,1-3H3/b10-7-,18-15-,19-16-,25-24-,31-29-. The number of esters is 3. The summed E-state index contributed by atoms with van der Waals surface area (Å²) >= 11 is 0. The normalized spacial score (nSPS) is 12.6. The van der Waals surface area contributed by atoms with Crippen LogP contribution in [0, 0.1) is 0 Å². The van der Waals surface area contributed by atoms with Gasteiger partial charge in [-0.25, -0.2) is 0 Å². The Morgan fingerprint density at radius 1 is 0.375 bits per heavy atom. The predicted octanol–water partition coefficient (Wildman–Crippen LogP) is 14.9. The summed E-state index contributed by atoms with van der Waals surface area (Å²) in [6.45, 7) is 6.43. The fraction of sp³-hybridized carbons (Fsp3) is 0.740. The number of carbonyl (C=O) groups excluding carboxylic acids is 3. The highest BCUT2D eigenvalue weighted by atomic mass is 16.6. The Morgan fingerprint density at radius 3 is 1.20 bits per heavy atom. The summed E-state index contributed by atoms with van der Waals surface area (Å²) in [5.41, 5.74) is 0. The maximum Gasteiger partial charge on any atom is 0.306 e. The number of allylic oxidation sites excluding steroid dienone is 10. The predicted molar refractivity (Wildman–Crippen MR) is 238 cm³/mol. The molecule has 0 saturated heterocycles. The van der Waals surface area contributed by atoms with Crippen molar-refractivity contribution in [1.29, 1.82) is 0 Å². The van der Waals surface area contributed by atoms with Gasteiger partial charge in [0.1, 0.15) is 13.2 Å². The van der Waals surface area contributed by atoms with Crippen LogP contribution in [0.25, 0.3) is 0 Å². The molecule has 0 radical (unpaired) electrons. The van der Waals surface area contributed by atoms with Crippen LogP contribution in [0.1, 0.15) is 220 Å². The van der Waals surface area contributed by atoms with Crippen molar-refractivity contribution in [3.63, 3.8) is 0 Å². The first-order valence-corrected chi connectivity index (χ1v) is 23.3. The third kappa shape index (κ3) is 42.3. The summed E-state index contributed by atoms with van der Waals surface area (Å²) in [5, 5.41) is 0. The lowest BCUT2D eigenvalue weighted by molar-refractivity contribution is -0.167. The van der Waals surface area contributed by atoms with Crippen LogP contribution in [-0.4, -0.2) is 37.2 Å². The Bertz CT molecular complexity index is 1040. The molecule has 0 spiro atoms. The van der Waals surface area contributed by atoms with Crippen molar-refractivity contribution >= 4 is 17.9 Å². The van der Waals surface area contributed by atoms with E-state index in [-0.39, 0.29) is 31.1 Å². The lowest BCUT2D eigenvalue weighted by Gasteiger charge is -2.18. The molecule has 0 aliphatic rings. The molecule has 0 aromatic carbocycles. The minimum absolute atomic E-state index is 0.0908. The maximum absolute atomic E-state index is 12.7. The highest BCUT2D eigenvalue weighted by Crippen LogP contribution is 2.14. The van der Waals surface area contributed by atoms with Crippen molar-refractivity contribution in [2.45, 2.75) is 226 Å². The minimum atomic E-state index is -0.789. The third-order valence-corrected chi connectivity index (χ3v) is 9.76. The number of carbonyl (C=O) groups is 3. The molecule has 0 fully saturated rings. The number of ether oxygens (including phenoxy) is 3. The molecule has 0 bridgehead atoms. The van der Waals surface area contributed by atoms with E-state index < -0.39 is 6.10 Å². The molecule has 0 saturated carbocycles. The van der Waals surface area contributed by atoms with E-state index in [0.29, 0.717) is 19.3 Å². The molecule has 0 amide bonds. The molecule has 0 aliphatic carbocycles. The largest absolute Gasteiger partial charge is 0.462 e. The second-order valence-electron chi connectivity index (χ2n) is 15.3. The highest BCUT2D eigenvalue weighted by molar-refractivity contribution is 5.71. The summed E-state index contributed by atoms with van der Waals surface area (Å²) in [5.74, 6) is -0.944. The van der Waals surface area contributed by atoms with Gasteiger partial charge in [0.25, 0.3) is 0 Å². The quantitative estimate of drug-likeness (QED) is 0.0266. The molecular formula is C50H86O6. The van der Waals surface area contributed by atoms with Crippen LogP contribution < -0.4 is 0 Å². The average Bonchev–Trinajstić information content (AvgIpc) is 3.19. The van der Waals surface area contributed by atoms with Gasteiger partial charge < -0.3 is 14.2 Å². The van der Waals surface area contributed by atoms with Crippen LogP contribution in [0.4, 0.5) is 0 Å². The Labute approximate surface area is 345 Å². The summed E-state index contributed by atoms with van der Waals surface area (Å²) in [4.78, 5) is 37.7. The highest BCUT2D eigenvalue weighted by Gasteiger charge is 2.19. The van der Waals surface area contributed by atoms with Crippen molar-refractivity contribution in [2.24, 2.45) is 0 Å². The van der Waals surface area contributed by atoms with Crippen LogP contribution in [0.15, 0.2) is 60.8 Å². The second-order valence-corrected chi connectivity index (χ2v) is 15.3. The summed E-state index contributed by atoms with van der Waals surface area (Å²) in [6.07, 6.45) is 53.4. The lowest BCUT2D eigenvalue weighted by atomic mass is 10.0. The molecular weight excluding hydrogens is 697 g/mol. The zero-order valence-corrected chi connectivity index (χ0v) is 36.6. The van der Waals surface area contributed by atoms with Crippen molar-refractivity contribution < 1.29 is 28.6 Å². The molecule has 1 atom stereocenters. The molecule has 0 aliphatic heterocycles. The van der Waals surface area contributed by atoms with E-state index in [1.807, 2.05) is 0 Å². The third-order valence-electron chi connectivity index (χ3n) is 9.76. The SMILES string of the molecule is CC/C=C\C/C=C\C/C=C\C/C=C\CCCCC(=O)OCC(COC(=O)CCCCCCC/C=C\CCCC)OC(=O)CCCCCCCCCCCCCC. The zero-order chi connectivity index (χ0) is 40.8. The Morgan fingerprint density at radius 2 is 0.714 bits per heavy atom. The molecule has 56 heavy (non-hydrogen) atoms. The zero-order valence-electron chi connectivity index (χ0n) is 36.6. The summed E-state index contributed by atoms with van der Waals surface area (Å²) < 4.78 is 16.7. The maximum atomic E-state index is 12.7. The van der Waals surface area contributed by atoms with Crippen LogP contribution in [0.2, 0.25) is 0 Å². The molecule has 6 nitrogen and oxygen atoms in total. The molecule has 0 rings (SSSR count). The van der Waals surface area contributed by atoms with Crippen LogP contribution in [-0.2, 0) is 28.6 Å². The van der Waals surface area contributed by atoms with Crippen molar-refractivity contribution in [3.05, 3.63) is 60.8 Å². The van der Waals surface area contributed by atoms with E-state index in [1.54, 1.807) is 0 Å². The molecule has 0 heterocycles. The second kappa shape index (κ2) is 44.8. The molecule has 0 N–H and O–H groups in total. The van der Waals surface area contributed by atoms with E-state index in [4.69, 9.17) is 14.2 Å². The van der Waals surface area contributed by atoms with Crippen LogP contribution >= 0.6 is 0 Å². The van der Waals surface area contributed by atoms with Gasteiger partial charge in [-0.05, 0) is 77.0 Å². The summed E-state index contributed by atoms with van der Waals surface area (Å²) in [7, 11) is 0. The van der Waals surface area contributed by atoms with Crippen LogP contribution in [0.5, 0.6) is 0 Å². The van der Waals surface area contributed by atoms with Gasteiger partial charge in [0, 0.05) is 19.3 Å². The molecule has 0 aromatic heterocycles. The Hall–Kier alpha value is -2.89. The molecule has 322 valence electrons. The van der Waals surface area contributed by atoms with Gasteiger partial charge in [-0.1, -0.05) is 184 Å². The Kier molecular flexibility index (Phi) is 42.5. The van der Waals surface area contributed by atoms with E-state index in [2.05, 4.69) is 81.5 Å². The van der Waals surface area contributed by atoms with Crippen molar-refractivity contribution in [1.82, 2.24) is 0 Å². The van der Waals surface area contributed by atoms with Gasteiger partial charge in [0.05, 0.1) is 0 Å². The smallest absolute Gasteiger partial charge is 0.306 e. The average molecular weight is 783 g/mol. The fourth-order valence-electron chi connectivity index (χ4n) is 6.24. The molecule has 0 aromatic rings.